The van der Waals surface area contributed by atoms with E-state index in [1.54, 1.807) is 6.08 Å². The maximum Gasteiger partial charge on any atom is 0.550 e. The number of nitrogens with zero attached hydrogens (tertiary/aromatic N) is 2. The predicted octanol–water partition coefficient (Wildman–Crippen LogP) is 5.47. The van der Waals surface area contributed by atoms with E-state index >= 15 is 0 Å². The van der Waals surface area contributed by atoms with Crippen molar-refractivity contribution >= 4 is 30.4 Å². The van der Waals surface area contributed by atoms with Crippen LogP contribution in [-0.4, -0.2) is 34.1 Å². The highest BCUT2D eigenvalue weighted by atomic mass is 35.5. The first-order chi connectivity index (χ1) is 20.2. The number of anilines is 1. The molecule has 3 aliphatic carbocycles. The zero-order valence-corrected chi connectivity index (χ0v) is 24.9. The number of nitrogens with one attached hydrogen (secondary N) is 2. The average molecular weight is 617 g/mol. The number of halogens is 4. The van der Waals surface area contributed by atoms with Crippen molar-refractivity contribution in [2.24, 2.45) is 17.3 Å². The van der Waals surface area contributed by atoms with Crippen LogP contribution >= 0.6 is 11.6 Å². The molecule has 0 spiro atoms. The second kappa shape index (κ2) is 10.4. The van der Waals surface area contributed by atoms with Crippen LogP contribution in [0.4, 0.5) is 19.0 Å². The molecule has 8 nitrogen and oxygen atoms in total. The lowest BCUT2D eigenvalue weighted by Gasteiger charge is -2.60. The minimum absolute atomic E-state index is 0.0529. The molecule has 3 unspecified atom stereocenters. The average Bonchev–Trinajstić information content (AvgIpc) is 3.55. The number of carbonyl (C=O) groups is 1. The Balaban J connectivity index is 1.19. The van der Waals surface area contributed by atoms with E-state index in [1.165, 1.54) is 16.7 Å². The van der Waals surface area contributed by atoms with Crippen LogP contribution in [0.1, 0.15) is 62.9 Å². The van der Waals surface area contributed by atoms with Gasteiger partial charge in [-0.05, 0) is 73.6 Å². The standard InChI is InChI=1S/C30H33BClF3N4O4/c1-5-7-23(31-42-22-14-18-13-21(28(18,2)3)29(22,4)43-31)37-26(40)20-11-10-19-24(32)38-25(27(41)39(19)20)36-15-16-8-6-9-17(12-16)30(33,34)35/h5-6,8-9,12,14,18,20-21,23H,1,7,10-11,13,15H2,2-4H3,(H,36,38)(H,37,40)/t18?,20-,21?,23-,29?/m0/s1. The number of fused-ring (bicyclic) bond motifs is 1. The molecule has 0 radical (unpaired) electrons. The smallest absolute Gasteiger partial charge is 0.536 e. The number of carbonyl (C=O) groups excluding carboxylic acids is 1. The monoisotopic (exact) mass is 616 g/mol. The molecule has 13 heteroatoms. The summed E-state index contributed by atoms with van der Waals surface area (Å²) in [5.41, 5.74) is -1.12. The van der Waals surface area contributed by atoms with Gasteiger partial charge in [-0.25, -0.2) is 4.98 Å². The zero-order valence-electron chi connectivity index (χ0n) is 24.1. The number of benzene rings is 1. The second-order valence-electron chi connectivity index (χ2n) is 12.6. The summed E-state index contributed by atoms with van der Waals surface area (Å²) in [6.07, 6.45) is 1.45. The highest BCUT2D eigenvalue weighted by Gasteiger charge is 2.66. The van der Waals surface area contributed by atoms with Crippen LogP contribution in [0.5, 0.6) is 0 Å². The van der Waals surface area contributed by atoms with Crippen molar-refractivity contribution in [3.05, 3.63) is 81.1 Å². The minimum Gasteiger partial charge on any atom is -0.536 e. The molecule has 2 bridgehead atoms. The third-order valence-electron chi connectivity index (χ3n) is 9.67. The van der Waals surface area contributed by atoms with Gasteiger partial charge in [0.1, 0.15) is 17.4 Å². The fourth-order valence-corrected chi connectivity index (χ4v) is 7.42. The van der Waals surface area contributed by atoms with Gasteiger partial charge in [0.05, 0.1) is 17.2 Å². The van der Waals surface area contributed by atoms with Crippen molar-refractivity contribution in [3.8, 4) is 0 Å². The molecule has 1 saturated carbocycles. The van der Waals surface area contributed by atoms with Crippen LogP contribution < -0.4 is 16.2 Å². The Labute approximate surface area is 252 Å². The van der Waals surface area contributed by atoms with E-state index in [-0.39, 0.29) is 22.9 Å². The number of allylic oxidation sites excluding steroid dienone is 1. The van der Waals surface area contributed by atoms with E-state index in [0.29, 0.717) is 42.4 Å². The fraction of sp³-hybridized carbons (Fsp3) is 0.500. The number of hydrogen-bond donors (Lipinski definition) is 2. The molecule has 5 aliphatic rings. The molecule has 43 heavy (non-hydrogen) atoms. The molecule has 2 N–H and O–H groups in total. The fourth-order valence-electron chi connectivity index (χ4n) is 7.15. The minimum atomic E-state index is -4.49. The highest BCUT2D eigenvalue weighted by molar-refractivity contribution is 6.48. The predicted molar refractivity (Wildman–Crippen MR) is 156 cm³/mol. The number of hydrogen-bond acceptors (Lipinski definition) is 6. The van der Waals surface area contributed by atoms with Crippen molar-refractivity contribution in [1.29, 1.82) is 0 Å². The molecule has 7 rings (SSSR count). The summed E-state index contributed by atoms with van der Waals surface area (Å²) in [6.45, 7) is 10.3. The summed E-state index contributed by atoms with van der Waals surface area (Å²) < 4.78 is 53.5. The first-order valence-corrected chi connectivity index (χ1v) is 14.8. The van der Waals surface area contributed by atoms with E-state index in [2.05, 4.69) is 42.1 Å². The van der Waals surface area contributed by atoms with Gasteiger partial charge >= 0.3 is 13.3 Å². The molecular weight excluding hydrogens is 584 g/mol. The molecule has 2 aliphatic heterocycles. The molecule has 228 valence electrons. The van der Waals surface area contributed by atoms with Gasteiger partial charge in [0.2, 0.25) is 5.91 Å². The third kappa shape index (κ3) is 4.96. The van der Waals surface area contributed by atoms with Crippen LogP contribution in [-0.2, 0) is 33.2 Å². The molecule has 1 aromatic heterocycles. The maximum absolute atomic E-state index is 13.7. The Kier molecular flexibility index (Phi) is 7.24. The van der Waals surface area contributed by atoms with Crippen LogP contribution in [0.15, 0.2) is 53.6 Å². The lowest BCUT2D eigenvalue weighted by atomic mass is 9.46. The van der Waals surface area contributed by atoms with Gasteiger partial charge in [0.25, 0.3) is 5.56 Å². The lowest BCUT2D eigenvalue weighted by molar-refractivity contribution is -0.137. The Morgan fingerprint density at radius 2 is 2.12 bits per heavy atom. The molecule has 1 amide bonds. The van der Waals surface area contributed by atoms with Gasteiger partial charge < -0.3 is 19.9 Å². The zero-order chi connectivity index (χ0) is 30.9. The van der Waals surface area contributed by atoms with Gasteiger partial charge in [0, 0.05) is 6.54 Å². The summed E-state index contributed by atoms with van der Waals surface area (Å²) in [5.74, 6) is 0.423. The van der Waals surface area contributed by atoms with Crippen LogP contribution in [0.3, 0.4) is 0 Å². The Morgan fingerprint density at radius 3 is 2.81 bits per heavy atom. The second-order valence-corrected chi connectivity index (χ2v) is 12.9. The number of alkyl halides is 3. The Bertz CT molecular complexity index is 1580. The van der Waals surface area contributed by atoms with Crippen molar-refractivity contribution in [2.45, 2.75) is 76.8 Å². The summed E-state index contributed by atoms with van der Waals surface area (Å²) in [6, 6.07) is 3.91. The van der Waals surface area contributed by atoms with Gasteiger partial charge in [-0.1, -0.05) is 43.7 Å². The largest absolute Gasteiger partial charge is 0.550 e. The van der Waals surface area contributed by atoms with Crippen molar-refractivity contribution < 1.29 is 27.3 Å². The van der Waals surface area contributed by atoms with E-state index in [0.717, 1.165) is 24.3 Å². The number of rotatable bonds is 8. The summed E-state index contributed by atoms with van der Waals surface area (Å²) in [4.78, 5) is 31.3. The molecule has 1 aromatic carbocycles. The lowest BCUT2D eigenvalue weighted by Crippen LogP contribution is -2.59. The van der Waals surface area contributed by atoms with Crippen LogP contribution in [0.2, 0.25) is 5.15 Å². The van der Waals surface area contributed by atoms with Crippen molar-refractivity contribution in [3.63, 3.8) is 0 Å². The van der Waals surface area contributed by atoms with Crippen molar-refractivity contribution in [2.75, 3.05) is 5.32 Å². The number of aromatic nitrogens is 2. The normalized spacial score (nSPS) is 27.3. The molecule has 5 atom stereocenters. The van der Waals surface area contributed by atoms with Gasteiger partial charge in [-0.15, -0.1) is 6.58 Å². The maximum atomic E-state index is 13.7. The summed E-state index contributed by atoms with van der Waals surface area (Å²) in [7, 11) is -0.725. The van der Waals surface area contributed by atoms with E-state index in [4.69, 9.17) is 20.9 Å². The first-order valence-electron chi connectivity index (χ1n) is 14.4. The van der Waals surface area contributed by atoms with Crippen molar-refractivity contribution in [1.82, 2.24) is 14.9 Å². The first kappa shape index (κ1) is 29.8. The molecule has 2 aromatic rings. The SMILES string of the molecule is C=CC[C@H](NC(=O)[C@@H]1CCc2c(Cl)nc(NCc3cccc(C(F)(F)F)c3)c(=O)n21)B1OC2=CC3CC(C2(C)O1)C3(C)C. The molecule has 2 fully saturated rings. The van der Waals surface area contributed by atoms with Gasteiger partial charge in [-0.2, -0.15) is 13.2 Å². The summed E-state index contributed by atoms with van der Waals surface area (Å²) in [5, 5.41) is 5.88. The quantitative estimate of drug-likeness (QED) is 0.302. The van der Waals surface area contributed by atoms with Gasteiger partial charge in [-0.3, -0.25) is 14.2 Å². The number of amides is 1. The molecule has 3 heterocycles. The Morgan fingerprint density at radius 1 is 1.35 bits per heavy atom. The molecule has 1 saturated heterocycles. The van der Waals surface area contributed by atoms with Crippen LogP contribution in [0.25, 0.3) is 0 Å². The van der Waals surface area contributed by atoms with E-state index in [9.17, 15) is 22.8 Å². The summed E-state index contributed by atoms with van der Waals surface area (Å²) >= 11 is 6.42. The van der Waals surface area contributed by atoms with Gasteiger partial charge in [0.15, 0.2) is 11.0 Å². The topological polar surface area (TPSA) is 94.5 Å². The molecular formula is C30H33BClF3N4O4. The van der Waals surface area contributed by atoms with Crippen LogP contribution in [0, 0.1) is 17.3 Å². The Hall–Kier alpha value is -3.25. The highest BCUT2D eigenvalue weighted by Crippen LogP contribution is 2.64. The van der Waals surface area contributed by atoms with E-state index in [1.807, 2.05) is 6.92 Å². The van der Waals surface area contributed by atoms with E-state index < -0.39 is 47.9 Å². The third-order valence-corrected chi connectivity index (χ3v) is 9.98.